The summed E-state index contributed by atoms with van der Waals surface area (Å²) in [6.07, 6.45) is 3.69. The van der Waals surface area contributed by atoms with E-state index >= 15 is 0 Å². The molecule has 3 heterocycles. The van der Waals surface area contributed by atoms with E-state index in [4.69, 9.17) is 0 Å². The van der Waals surface area contributed by atoms with Crippen LogP contribution in [0.4, 0.5) is 0 Å². The van der Waals surface area contributed by atoms with Crippen LogP contribution in [0.1, 0.15) is 11.1 Å². The third-order valence-electron chi connectivity index (χ3n) is 5.11. The van der Waals surface area contributed by atoms with Gasteiger partial charge in [0.1, 0.15) is 0 Å². The lowest BCUT2D eigenvalue weighted by atomic mass is 10.1. The minimum atomic E-state index is 0.0620. The molecule has 0 saturated carbocycles. The summed E-state index contributed by atoms with van der Waals surface area (Å²) in [7, 11) is 1.79. The molecule has 0 radical (unpaired) electrons. The number of rotatable bonds is 4. The van der Waals surface area contributed by atoms with Crippen LogP contribution in [0, 0.1) is 0 Å². The molecule has 1 aliphatic heterocycles. The highest BCUT2D eigenvalue weighted by Gasteiger charge is 2.17. The van der Waals surface area contributed by atoms with Crippen molar-refractivity contribution in [3.05, 3.63) is 76.3 Å². The Hall–Kier alpha value is -2.50. The predicted octanol–water partition coefficient (Wildman–Crippen LogP) is 2.25. The van der Waals surface area contributed by atoms with Crippen LogP contribution in [-0.2, 0) is 20.1 Å². The average Bonchev–Trinajstić information content (AvgIpc) is 2.66. The SMILES string of the molecule is Cn1ccc(CN2CCN(Cc3ccc4ncccc4c3)CC2)cc1=O. The van der Waals surface area contributed by atoms with E-state index in [-0.39, 0.29) is 5.56 Å². The largest absolute Gasteiger partial charge is 0.319 e. The van der Waals surface area contributed by atoms with Crippen molar-refractivity contribution < 1.29 is 0 Å². The first-order chi connectivity index (χ1) is 12.7. The molecule has 0 amide bonds. The summed E-state index contributed by atoms with van der Waals surface area (Å²) >= 11 is 0. The topological polar surface area (TPSA) is 41.4 Å². The van der Waals surface area contributed by atoms with E-state index in [1.165, 1.54) is 10.9 Å². The Morgan fingerprint density at radius 3 is 2.31 bits per heavy atom. The average molecular weight is 348 g/mol. The quantitative estimate of drug-likeness (QED) is 0.725. The maximum Gasteiger partial charge on any atom is 0.250 e. The number of aromatic nitrogens is 2. The zero-order valence-corrected chi connectivity index (χ0v) is 15.1. The molecule has 1 fully saturated rings. The molecule has 0 bridgehead atoms. The summed E-state index contributed by atoms with van der Waals surface area (Å²) in [5.41, 5.74) is 3.55. The van der Waals surface area contributed by atoms with Gasteiger partial charge in [-0.1, -0.05) is 12.1 Å². The maximum atomic E-state index is 11.8. The van der Waals surface area contributed by atoms with Crippen LogP contribution < -0.4 is 5.56 Å². The fraction of sp³-hybridized carbons (Fsp3) is 0.333. The van der Waals surface area contributed by atoms with Crippen LogP contribution in [-0.4, -0.2) is 45.5 Å². The Bertz CT molecular complexity index is 957. The van der Waals surface area contributed by atoms with Gasteiger partial charge in [-0.2, -0.15) is 0 Å². The molecule has 2 aromatic heterocycles. The van der Waals surface area contributed by atoms with Gasteiger partial charge in [-0.15, -0.1) is 0 Å². The number of pyridine rings is 2. The Kier molecular flexibility index (Phi) is 4.82. The van der Waals surface area contributed by atoms with Gasteiger partial charge in [0.15, 0.2) is 0 Å². The third-order valence-corrected chi connectivity index (χ3v) is 5.11. The van der Waals surface area contributed by atoms with Crippen molar-refractivity contribution in [3.63, 3.8) is 0 Å². The van der Waals surface area contributed by atoms with E-state index in [9.17, 15) is 4.79 Å². The second-order valence-electron chi connectivity index (χ2n) is 7.07. The summed E-state index contributed by atoms with van der Waals surface area (Å²) in [4.78, 5) is 21.1. The van der Waals surface area contributed by atoms with E-state index < -0.39 is 0 Å². The number of fused-ring (bicyclic) bond motifs is 1. The zero-order valence-electron chi connectivity index (χ0n) is 15.1. The highest BCUT2D eigenvalue weighted by molar-refractivity contribution is 5.78. The summed E-state index contributed by atoms with van der Waals surface area (Å²) in [6, 6.07) is 14.4. The van der Waals surface area contributed by atoms with Crippen molar-refractivity contribution in [1.29, 1.82) is 0 Å². The second-order valence-corrected chi connectivity index (χ2v) is 7.07. The molecule has 5 heteroatoms. The third kappa shape index (κ3) is 3.84. The highest BCUT2D eigenvalue weighted by atomic mass is 16.1. The molecule has 0 unspecified atom stereocenters. The molecule has 4 rings (SSSR count). The minimum absolute atomic E-state index is 0.0620. The van der Waals surface area contributed by atoms with E-state index in [2.05, 4.69) is 39.0 Å². The molecule has 0 N–H and O–H groups in total. The molecular formula is C21H24N4O. The maximum absolute atomic E-state index is 11.8. The van der Waals surface area contributed by atoms with Crippen molar-refractivity contribution in [3.8, 4) is 0 Å². The number of hydrogen-bond donors (Lipinski definition) is 0. The van der Waals surface area contributed by atoms with Crippen molar-refractivity contribution in [1.82, 2.24) is 19.4 Å². The van der Waals surface area contributed by atoms with Crippen LogP contribution >= 0.6 is 0 Å². The van der Waals surface area contributed by atoms with Crippen LogP contribution in [0.25, 0.3) is 10.9 Å². The van der Waals surface area contributed by atoms with Gasteiger partial charge in [-0.3, -0.25) is 19.6 Å². The van der Waals surface area contributed by atoms with Crippen LogP contribution in [0.2, 0.25) is 0 Å². The molecule has 0 spiro atoms. The number of nitrogens with zero attached hydrogens (tertiary/aromatic N) is 4. The highest BCUT2D eigenvalue weighted by Crippen LogP contribution is 2.16. The zero-order chi connectivity index (χ0) is 17.9. The van der Waals surface area contributed by atoms with Gasteiger partial charge in [-0.05, 0) is 35.4 Å². The van der Waals surface area contributed by atoms with Crippen LogP contribution in [0.15, 0.2) is 59.7 Å². The molecule has 134 valence electrons. The molecule has 0 aliphatic carbocycles. The lowest BCUT2D eigenvalue weighted by Gasteiger charge is -2.34. The Balaban J connectivity index is 1.34. The summed E-state index contributed by atoms with van der Waals surface area (Å²) < 4.78 is 1.61. The van der Waals surface area contributed by atoms with Crippen LogP contribution in [0.5, 0.6) is 0 Å². The summed E-state index contributed by atoms with van der Waals surface area (Å²) in [5, 5.41) is 1.20. The lowest BCUT2D eigenvalue weighted by Crippen LogP contribution is -2.45. The Morgan fingerprint density at radius 2 is 1.62 bits per heavy atom. The Morgan fingerprint density at radius 1 is 0.923 bits per heavy atom. The van der Waals surface area contributed by atoms with Crippen molar-refractivity contribution in [2.45, 2.75) is 13.1 Å². The van der Waals surface area contributed by atoms with Gasteiger partial charge < -0.3 is 4.57 Å². The first-order valence-electron chi connectivity index (χ1n) is 9.11. The standard InChI is InChI=1S/C21H24N4O/c1-23-8-6-18(14-21(23)26)16-25-11-9-24(10-12-25)15-17-4-5-20-19(13-17)3-2-7-22-20/h2-8,13-14H,9-12,15-16H2,1H3. The van der Waals surface area contributed by atoms with Gasteiger partial charge in [0, 0.05) is 70.2 Å². The second kappa shape index (κ2) is 7.40. The normalized spacial score (nSPS) is 16.2. The lowest BCUT2D eigenvalue weighted by molar-refractivity contribution is 0.122. The molecule has 0 atom stereocenters. The van der Waals surface area contributed by atoms with Crippen molar-refractivity contribution in [2.75, 3.05) is 26.2 Å². The predicted molar refractivity (Wildman–Crippen MR) is 104 cm³/mol. The fourth-order valence-electron chi connectivity index (χ4n) is 3.53. The first kappa shape index (κ1) is 16.9. The number of benzene rings is 1. The fourth-order valence-corrected chi connectivity index (χ4v) is 3.53. The van der Waals surface area contributed by atoms with E-state index in [1.807, 2.05) is 24.5 Å². The molecular weight excluding hydrogens is 324 g/mol. The molecule has 26 heavy (non-hydrogen) atoms. The van der Waals surface area contributed by atoms with E-state index in [0.29, 0.717) is 0 Å². The van der Waals surface area contributed by atoms with Crippen molar-refractivity contribution >= 4 is 10.9 Å². The molecule has 1 aromatic carbocycles. The monoisotopic (exact) mass is 348 g/mol. The van der Waals surface area contributed by atoms with E-state index in [1.54, 1.807) is 17.7 Å². The number of hydrogen-bond acceptors (Lipinski definition) is 4. The first-order valence-corrected chi connectivity index (χ1v) is 9.11. The van der Waals surface area contributed by atoms with E-state index in [0.717, 1.165) is 50.3 Å². The minimum Gasteiger partial charge on any atom is -0.319 e. The van der Waals surface area contributed by atoms with Crippen molar-refractivity contribution in [2.24, 2.45) is 7.05 Å². The van der Waals surface area contributed by atoms with Gasteiger partial charge in [0.25, 0.3) is 5.56 Å². The number of piperazine rings is 1. The van der Waals surface area contributed by atoms with Gasteiger partial charge >= 0.3 is 0 Å². The van der Waals surface area contributed by atoms with Gasteiger partial charge in [0.2, 0.25) is 0 Å². The Labute approximate surface area is 153 Å². The smallest absolute Gasteiger partial charge is 0.250 e. The molecule has 5 nitrogen and oxygen atoms in total. The summed E-state index contributed by atoms with van der Waals surface area (Å²) in [6.45, 7) is 6.00. The molecule has 1 saturated heterocycles. The number of aryl methyl sites for hydroxylation is 1. The molecule has 3 aromatic rings. The molecule has 1 aliphatic rings. The van der Waals surface area contributed by atoms with Gasteiger partial charge in [0.05, 0.1) is 5.52 Å². The summed E-state index contributed by atoms with van der Waals surface area (Å²) in [5.74, 6) is 0. The van der Waals surface area contributed by atoms with Gasteiger partial charge in [-0.25, -0.2) is 0 Å². The van der Waals surface area contributed by atoms with Crippen LogP contribution in [0.3, 0.4) is 0 Å².